The lowest BCUT2D eigenvalue weighted by Crippen LogP contribution is -2.53. The van der Waals surface area contributed by atoms with Gasteiger partial charge >= 0.3 is 0 Å². The molecule has 20 heavy (non-hydrogen) atoms. The maximum absolute atomic E-state index is 5.82. The molecule has 1 aliphatic rings. The zero-order chi connectivity index (χ0) is 15.2. The minimum Gasteiger partial charge on any atom is -0.381 e. The van der Waals surface area contributed by atoms with Crippen molar-refractivity contribution in [2.24, 2.45) is 5.41 Å². The van der Waals surface area contributed by atoms with E-state index in [0.717, 1.165) is 26.3 Å². The second-order valence-corrected chi connectivity index (χ2v) is 8.39. The summed E-state index contributed by atoms with van der Waals surface area (Å²) < 4.78 is 5.82. The molecule has 1 saturated heterocycles. The molecular formula is C16H34N2OS. The van der Waals surface area contributed by atoms with Crippen LogP contribution in [0.5, 0.6) is 0 Å². The van der Waals surface area contributed by atoms with Crippen LogP contribution in [-0.2, 0) is 4.74 Å². The Kier molecular flexibility index (Phi) is 7.33. The van der Waals surface area contributed by atoms with Crippen LogP contribution in [0.15, 0.2) is 0 Å². The summed E-state index contributed by atoms with van der Waals surface area (Å²) in [5, 5.41) is 3.70. The third-order valence-electron chi connectivity index (χ3n) is 4.14. The van der Waals surface area contributed by atoms with Crippen LogP contribution in [0.1, 0.15) is 40.5 Å². The molecule has 0 aromatic heterocycles. The van der Waals surface area contributed by atoms with Crippen LogP contribution in [0.2, 0.25) is 0 Å². The Morgan fingerprint density at radius 2 is 2.10 bits per heavy atom. The van der Waals surface area contributed by atoms with Crippen molar-refractivity contribution in [2.45, 2.75) is 52.1 Å². The second kappa shape index (κ2) is 8.02. The second-order valence-electron chi connectivity index (χ2n) is 7.48. The fourth-order valence-corrected chi connectivity index (χ4v) is 3.47. The summed E-state index contributed by atoms with van der Waals surface area (Å²) in [6, 6.07) is 0.624. The van der Waals surface area contributed by atoms with E-state index in [2.05, 4.69) is 51.2 Å². The first-order valence-corrected chi connectivity index (χ1v) is 9.19. The molecule has 2 atom stereocenters. The highest BCUT2D eigenvalue weighted by atomic mass is 32.2. The zero-order valence-corrected chi connectivity index (χ0v) is 15.1. The van der Waals surface area contributed by atoms with Gasteiger partial charge in [-0.05, 0) is 53.8 Å². The predicted octanol–water partition coefficient (Wildman–Crippen LogP) is 2.85. The molecular weight excluding hydrogens is 268 g/mol. The van der Waals surface area contributed by atoms with Crippen molar-refractivity contribution in [1.82, 2.24) is 10.2 Å². The smallest absolute Gasteiger partial charge is 0.0546 e. The maximum Gasteiger partial charge on any atom is 0.0546 e. The first-order valence-electron chi connectivity index (χ1n) is 7.80. The van der Waals surface area contributed by atoms with Crippen LogP contribution in [-0.4, -0.2) is 61.8 Å². The summed E-state index contributed by atoms with van der Waals surface area (Å²) in [6.45, 7) is 13.0. The summed E-state index contributed by atoms with van der Waals surface area (Å²) in [5.41, 5.74) is 0.445. The van der Waals surface area contributed by atoms with Crippen LogP contribution < -0.4 is 5.32 Å². The number of thioether (sulfide) groups is 1. The largest absolute Gasteiger partial charge is 0.381 e. The van der Waals surface area contributed by atoms with Gasteiger partial charge in [-0.15, -0.1) is 0 Å². The lowest BCUT2D eigenvalue weighted by atomic mass is 9.81. The molecule has 1 fully saturated rings. The Balaban J connectivity index is 2.63. The lowest BCUT2D eigenvalue weighted by molar-refractivity contribution is -0.0287. The summed E-state index contributed by atoms with van der Waals surface area (Å²) in [5.74, 6) is 1.19. The molecule has 1 heterocycles. The van der Waals surface area contributed by atoms with Gasteiger partial charge in [-0.3, -0.25) is 0 Å². The summed E-state index contributed by atoms with van der Waals surface area (Å²) in [7, 11) is 2.26. The molecule has 0 radical (unpaired) electrons. The van der Waals surface area contributed by atoms with E-state index in [0.29, 0.717) is 6.04 Å². The van der Waals surface area contributed by atoms with Crippen molar-refractivity contribution >= 4 is 11.8 Å². The first kappa shape index (κ1) is 18.3. The Labute approximate surface area is 130 Å². The first-order chi connectivity index (χ1) is 9.28. The monoisotopic (exact) mass is 302 g/mol. The summed E-state index contributed by atoms with van der Waals surface area (Å²) >= 11 is 1.93. The van der Waals surface area contributed by atoms with Crippen molar-refractivity contribution < 1.29 is 4.74 Å². The normalized spacial score (nSPS) is 25.9. The highest BCUT2D eigenvalue weighted by Crippen LogP contribution is 2.30. The van der Waals surface area contributed by atoms with Gasteiger partial charge in [0.15, 0.2) is 0 Å². The maximum atomic E-state index is 5.82. The Bertz CT molecular complexity index is 272. The number of ether oxygens (including phenoxy) is 1. The molecule has 0 spiro atoms. The van der Waals surface area contributed by atoms with Gasteiger partial charge in [0.1, 0.15) is 0 Å². The van der Waals surface area contributed by atoms with Crippen LogP contribution in [0.4, 0.5) is 0 Å². The van der Waals surface area contributed by atoms with Gasteiger partial charge in [-0.1, -0.05) is 0 Å². The number of nitrogens with one attached hydrogen (secondary N) is 1. The highest BCUT2D eigenvalue weighted by molar-refractivity contribution is 7.98. The Hall–Kier alpha value is 0.230. The molecule has 1 aliphatic heterocycles. The summed E-state index contributed by atoms with van der Waals surface area (Å²) in [4.78, 5) is 2.51. The van der Waals surface area contributed by atoms with Gasteiger partial charge in [0.05, 0.1) is 6.61 Å². The summed E-state index contributed by atoms with van der Waals surface area (Å²) in [6.07, 6.45) is 4.65. The van der Waals surface area contributed by atoms with Crippen LogP contribution >= 0.6 is 11.8 Å². The molecule has 0 aromatic carbocycles. The molecule has 1 N–H and O–H groups in total. The fourth-order valence-electron chi connectivity index (χ4n) is 2.74. The molecule has 0 saturated carbocycles. The fraction of sp³-hybridized carbons (Fsp3) is 1.00. The van der Waals surface area contributed by atoms with Gasteiger partial charge in [-0.2, -0.15) is 11.8 Å². The van der Waals surface area contributed by atoms with Crippen molar-refractivity contribution in [3.63, 3.8) is 0 Å². The SMILES string of the molecule is CSCC(C)N(C)CC1(CNC(C)(C)C)CCCOC1. The number of hydrogen-bond acceptors (Lipinski definition) is 4. The van der Waals surface area contributed by atoms with Gasteiger partial charge in [0.2, 0.25) is 0 Å². The van der Waals surface area contributed by atoms with Gasteiger partial charge in [0.25, 0.3) is 0 Å². The average Bonchev–Trinajstić information content (AvgIpc) is 2.37. The topological polar surface area (TPSA) is 24.5 Å². The molecule has 4 heteroatoms. The average molecular weight is 303 g/mol. The van der Waals surface area contributed by atoms with Crippen LogP contribution in [0.3, 0.4) is 0 Å². The predicted molar refractivity (Wildman–Crippen MR) is 90.7 cm³/mol. The van der Waals surface area contributed by atoms with Crippen molar-refractivity contribution in [2.75, 3.05) is 45.4 Å². The van der Waals surface area contributed by atoms with E-state index in [1.54, 1.807) is 0 Å². The van der Waals surface area contributed by atoms with Gasteiger partial charge in [-0.25, -0.2) is 0 Å². The minimum absolute atomic E-state index is 0.175. The minimum atomic E-state index is 0.175. The molecule has 2 unspecified atom stereocenters. The third kappa shape index (κ3) is 6.33. The molecule has 0 amide bonds. The van der Waals surface area contributed by atoms with E-state index in [-0.39, 0.29) is 11.0 Å². The standard InChI is InChI=1S/C16H34N2OS/c1-14(10-20-6)18(5)12-16(8-7-9-19-13-16)11-17-15(2,3)4/h14,17H,7-13H2,1-6H3. The Morgan fingerprint density at radius 1 is 1.40 bits per heavy atom. The van der Waals surface area contributed by atoms with Gasteiger partial charge in [0, 0.05) is 42.4 Å². The van der Waals surface area contributed by atoms with E-state index >= 15 is 0 Å². The van der Waals surface area contributed by atoms with Crippen LogP contribution in [0, 0.1) is 5.41 Å². The van der Waals surface area contributed by atoms with Crippen molar-refractivity contribution in [1.29, 1.82) is 0 Å². The molecule has 0 aliphatic carbocycles. The molecule has 1 rings (SSSR count). The number of nitrogens with zero attached hydrogens (tertiary/aromatic N) is 1. The highest BCUT2D eigenvalue weighted by Gasteiger charge is 2.35. The zero-order valence-electron chi connectivity index (χ0n) is 14.3. The quantitative estimate of drug-likeness (QED) is 0.781. The van der Waals surface area contributed by atoms with E-state index in [9.17, 15) is 0 Å². The van der Waals surface area contributed by atoms with E-state index < -0.39 is 0 Å². The molecule has 120 valence electrons. The van der Waals surface area contributed by atoms with Crippen LogP contribution in [0.25, 0.3) is 0 Å². The van der Waals surface area contributed by atoms with Crippen molar-refractivity contribution in [3.05, 3.63) is 0 Å². The molecule has 0 bridgehead atoms. The molecule has 0 aromatic rings. The lowest BCUT2D eigenvalue weighted by Gasteiger charge is -2.43. The van der Waals surface area contributed by atoms with Crippen molar-refractivity contribution in [3.8, 4) is 0 Å². The van der Waals surface area contributed by atoms with Gasteiger partial charge < -0.3 is 15.0 Å². The van der Waals surface area contributed by atoms with E-state index in [1.807, 2.05) is 11.8 Å². The third-order valence-corrected chi connectivity index (χ3v) is 4.96. The molecule has 3 nitrogen and oxygen atoms in total. The number of hydrogen-bond donors (Lipinski definition) is 1. The Morgan fingerprint density at radius 3 is 2.60 bits per heavy atom. The number of rotatable bonds is 7. The van der Waals surface area contributed by atoms with E-state index in [1.165, 1.54) is 18.6 Å². The van der Waals surface area contributed by atoms with E-state index in [4.69, 9.17) is 4.74 Å².